The van der Waals surface area contributed by atoms with Crippen LogP contribution in [0.1, 0.15) is 20.8 Å². The molecule has 0 saturated heterocycles. The molecule has 0 aliphatic carbocycles. The van der Waals surface area contributed by atoms with Crippen LogP contribution in [0.3, 0.4) is 0 Å². The second kappa shape index (κ2) is 8.02. The molecular weight excluding hydrogens is 242 g/mol. The van der Waals surface area contributed by atoms with Crippen LogP contribution in [0, 0.1) is 0 Å². The van der Waals surface area contributed by atoms with E-state index in [4.69, 9.17) is 14.2 Å². The highest BCUT2D eigenvalue weighted by Crippen LogP contribution is 2.18. The molecule has 108 valence electrons. The van der Waals surface area contributed by atoms with Gasteiger partial charge < -0.3 is 19.5 Å². The summed E-state index contributed by atoms with van der Waals surface area (Å²) in [6, 6.07) is 7.59. The van der Waals surface area contributed by atoms with Crippen molar-refractivity contribution in [3.8, 4) is 11.5 Å². The molecule has 0 aliphatic heterocycles. The highest BCUT2D eigenvalue weighted by Gasteiger charge is 2.11. The van der Waals surface area contributed by atoms with Gasteiger partial charge in [0.1, 0.15) is 18.1 Å². The molecular formula is C15H26NO3+. The van der Waals surface area contributed by atoms with Crippen LogP contribution >= 0.6 is 0 Å². The number of benzene rings is 1. The van der Waals surface area contributed by atoms with Crippen LogP contribution in [0.25, 0.3) is 0 Å². The summed E-state index contributed by atoms with van der Waals surface area (Å²) in [4.78, 5) is 0. The standard InChI is InChI=1S/C15H25NO3/c1-15(2,3)16-8-9-18-10-11-19-14-7-5-6-13(12-14)17-4/h5-7,12,16H,8-11H2,1-4H3/p+1. The van der Waals surface area contributed by atoms with E-state index in [0.29, 0.717) is 13.2 Å². The maximum atomic E-state index is 5.58. The lowest BCUT2D eigenvalue weighted by Crippen LogP contribution is -2.95. The van der Waals surface area contributed by atoms with Crippen LogP contribution in [0.2, 0.25) is 0 Å². The van der Waals surface area contributed by atoms with Gasteiger partial charge in [0.25, 0.3) is 0 Å². The van der Waals surface area contributed by atoms with E-state index >= 15 is 0 Å². The first-order chi connectivity index (χ1) is 9.01. The number of hydrogen-bond donors (Lipinski definition) is 1. The number of hydrogen-bond acceptors (Lipinski definition) is 3. The Morgan fingerprint density at radius 3 is 2.47 bits per heavy atom. The van der Waals surface area contributed by atoms with Gasteiger partial charge in [-0.1, -0.05) is 6.07 Å². The molecule has 0 aliphatic rings. The molecule has 0 spiro atoms. The van der Waals surface area contributed by atoms with Crippen LogP contribution in [0.15, 0.2) is 24.3 Å². The van der Waals surface area contributed by atoms with Gasteiger partial charge in [-0.05, 0) is 32.9 Å². The fourth-order valence-corrected chi connectivity index (χ4v) is 1.59. The van der Waals surface area contributed by atoms with E-state index in [1.54, 1.807) is 7.11 Å². The highest BCUT2D eigenvalue weighted by atomic mass is 16.5. The van der Waals surface area contributed by atoms with Crippen molar-refractivity contribution in [1.82, 2.24) is 0 Å². The van der Waals surface area contributed by atoms with Crippen molar-refractivity contribution in [3.05, 3.63) is 24.3 Å². The summed E-state index contributed by atoms with van der Waals surface area (Å²) in [6.45, 7) is 9.47. The Hall–Kier alpha value is -1.26. The first-order valence-corrected chi connectivity index (χ1v) is 6.70. The second-order valence-corrected chi connectivity index (χ2v) is 5.50. The molecule has 0 radical (unpaired) electrons. The van der Waals surface area contributed by atoms with Gasteiger partial charge in [-0.2, -0.15) is 0 Å². The Morgan fingerprint density at radius 1 is 1.05 bits per heavy atom. The Kier molecular flexibility index (Phi) is 6.67. The van der Waals surface area contributed by atoms with E-state index in [9.17, 15) is 0 Å². The molecule has 0 saturated carbocycles. The summed E-state index contributed by atoms with van der Waals surface area (Å²) in [5.74, 6) is 1.61. The molecule has 4 nitrogen and oxygen atoms in total. The molecule has 1 rings (SSSR count). The molecule has 1 aromatic carbocycles. The van der Waals surface area contributed by atoms with Crippen LogP contribution < -0.4 is 14.8 Å². The summed E-state index contributed by atoms with van der Waals surface area (Å²) in [5, 5.41) is 2.27. The Morgan fingerprint density at radius 2 is 1.79 bits per heavy atom. The van der Waals surface area contributed by atoms with Crippen LogP contribution in [-0.4, -0.2) is 39.0 Å². The smallest absolute Gasteiger partial charge is 0.123 e. The van der Waals surface area contributed by atoms with E-state index in [2.05, 4.69) is 26.1 Å². The van der Waals surface area contributed by atoms with Crippen molar-refractivity contribution in [2.75, 3.05) is 33.5 Å². The van der Waals surface area contributed by atoms with Gasteiger partial charge in [-0.25, -0.2) is 0 Å². The van der Waals surface area contributed by atoms with Crippen LogP contribution in [-0.2, 0) is 4.74 Å². The summed E-state index contributed by atoms with van der Waals surface area (Å²) < 4.78 is 16.2. The number of quaternary nitrogens is 1. The summed E-state index contributed by atoms with van der Waals surface area (Å²) in [5.41, 5.74) is 0.264. The first kappa shape index (κ1) is 15.8. The molecule has 4 heteroatoms. The summed E-state index contributed by atoms with van der Waals surface area (Å²) in [7, 11) is 1.65. The summed E-state index contributed by atoms with van der Waals surface area (Å²) in [6.07, 6.45) is 0. The predicted octanol–water partition coefficient (Wildman–Crippen LogP) is 1.45. The van der Waals surface area contributed by atoms with Gasteiger partial charge in [0.05, 0.1) is 32.4 Å². The lowest BCUT2D eigenvalue weighted by molar-refractivity contribution is -0.718. The largest absolute Gasteiger partial charge is 0.497 e. The predicted molar refractivity (Wildman–Crippen MR) is 75.9 cm³/mol. The summed E-state index contributed by atoms with van der Waals surface area (Å²) >= 11 is 0. The van der Waals surface area contributed by atoms with Gasteiger partial charge in [-0.3, -0.25) is 0 Å². The quantitative estimate of drug-likeness (QED) is 0.726. The van der Waals surface area contributed by atoms with E-state index in [1.807, 2.05) is 24.3 Å². The zero-order chi connectivity index (χ0) is 14.1. The van der Waals surface area contributed by atoms with Crippen LogP contribution in [0.4, 0.5) is 0 Å². The molecule has 0 atom stereocenters. The van der Waals surface area contributed by atoms with Crippen LogP contribution in [0.5, 0.6) is 11.5 Å². The maximum Gasteiger partial charge on any atom is 0.123 e. The minimum absolute atomic E-state index is 0.264. The third kappa shape index (κ3) is 7.70. The normalized spacial score (nSPS) is 11.4. The van der Waals surface area contributed by atoms with Crippen molar-refractivity contribution in [2.24, 2.45) is 0 Å². The van der Waals surface area contributed by atoms with Crippen molar-refractivity contribution < 1.29 is 19.5 Å². The molecule has 1 aromatic rings. The monoisotopic (exact) mass is 268 g/mol. The minimum Gasteiger partial charge on any atom is -0.497 e. The van der Waals surface area contributed by atoms with Crippen molar-refractivity contribution in [2.45, 2.75) is 26.3 Å². The minimum atomic E-state index is 0.264. The Balaban J connectivity index is 2.07. The zero-order valence-electron chi connectivity index (χ0n) is 12.4. The number of methoxy groups -OCH3 is 1. The Labute approximate surface area is 116 Å². The number of rotatable bonds is 8. The molecule has 0 bridgehead atoms. The van der Waals surface area contributed by atoms with Crippen molar-refractivity contribution >= 4 is 0 Å². The third-order valence-corrected chi connectivity index (χ3v) is 2.56. The zero-order valence-corrected chi connectivity index (χ0v) is 12.4. The third-order valence-electron chi connectivity index (χ3n) is 2.56. The number of ether oxygens (including phenoxy) is 3. The van der Waals surface area contributed by atoms with Gasteiger partial charge >= 0.3 is 0 Å². The molecule has 0 heterocycles. The molecule has 2 N–H and O–H groups in total. The lowest BCUT2D eigenvalue weighted by Gasteiger charge is -2.16. The Bertz CT molecular complexity index is 361. The number of nitrogens with two attached hydrogens (primary N) is 1. The van der Waals surface area contributed by atoms with Gasteiger partial charge in [0.15, 0.2) is 0 Å². The first-order valence-electron chi connectivity index (χ1n) is 6.70. The molecule has 0 fully saturated rings. The lowest BCUT2D eigenvalue weighted by atomic mass is 10.1. The fourth-order valence-electron chi connectivity index (χ4n) is 1.59. The van der Waals surface area contributed by atoms with Gasteiger partial charge in [0.2, 0.25) is 0 Å². The molecule has 0 amide bonds. The van der Waals surface area contributed by atoms with E-state index in [-0.39, 0.29) is 5.54 Å². The molecule has 0 aromatic heterocycles. The second-order valence-electron chi connectivity index (χ2n) is 5.50. The average molecular weight is 268 g/mol. The van der Waals surface area contributed by atoms with Crippen molar-refractivity contribution in [3.63, 3.8) is 0 Å². The fraction of sp³-hybridized carbons (Fsp3) is 0.600. The van der Waals surface area contributed by atoms with Crippen molar-refractivity contribution in [1.29, 1.82) is 0 Å². The molecule has 19 heavy (non-hydrogen) atoms. The van der Waals surface area contributed by atoms with E-state index in [1.165, 1.54) is 0 Å². The van der Waals surface area contributed by atoms with Gasteiger partial charge in [-0.15, -0.1) is 0 Å². The topological polar surface area (TPSA) is 44.3 Å². The average Bonchev–Trinajstić information content (AvgIpc) is 2.36. The maximum absolute atomic E-state index is 5.58. The van der Waals surface area contributed by atoms with Gasteiger partial charge in [0, 0.05) is 6.07 Å². The van der Waals surface area contributed by atoms with E-state index in [0.717, 1.165) is 24.7 Å². The highest BCUT2D eigenvalue weighted by molar-refractivity contribution is 5.32. The SMILES string of the molecule is COc1cccc(OCCOCC[NH2+]C(C)(C)C)c1. The van der Waals surface area contributed by atoms with E-state index < -0.39 is 0 Å². The molecule has 0 unspecified atom stereocenters.